The second kappa shape index (κ2) is 4.54. The van der Waals surface area contributed by atoms with Crippen molar-refractivity contribution >= 4 is 5.97 Å². The molecule has 0 spiro atoms. The van der Waals surface area contributed by atoms with Crippen LogP contribution in [0.4, 0.5) is 0 Å². The van der Waals surface area contributed by atoms with E-state index in [0.29, 0.717) is 12.5 Å². The fourth-order valence-corrected chi connectivity index (χ4v) is 3.37. The van der Waals surface area contributed by atoms with Crippen molar-refractivity contribution in [2.75, 3.05) is 26.2 Å². The second-order valence-corrected chi connectivity index (χ2v) is 5.74. The van der Waals surface area contributed by atoms with Crippen LogP contribution in [0.3, 0.4) is 0 Å². The molecule has 0 N–H and O–H groups in total. The van der Waals surface area contributed by atoms with Gasteiger partial charge in [-0.05, 0) is 32.1 Å². The van der Waals surface area contributed by atoms with Crippen LogP contribution in [-0.2, 0) is 9.53 Å². The minimum absolute atomic E-state index is 0.0371. The number of carbonyl (C=O) groups is 1. The minimum atomic E-state index is -0.138. The summed E-state index contributed by atoms with van der Waals surface area (Å²) in [6.45, 7) is 5.39. The van der Waals surface area contributed by atoms with E-state index in [1.807, 2.05) is 6.92 Å². The molecule has 0 radical (unpaired) electrons. The number of piperidine rings is 1. The highest BCUT2D eigenvalue weighted by molar-refractivity contribution is 5.81. The van der Waals surface area contributed by atoms with Crippen LogP contribution in [0.25, 0.3) is 0 Å². The largest absolute Gasteiger partial charge is 0.466 e. The first kappa shape index (κ1) is 12.0. The summed E-state index contributed by atoms with van der Waals surface area (Å²) in [5.74, 6) is 0.589. The highest BCUT2D eigenvalue weighted by Gasteiger charge is 2.65. The number of likely N-dealkylation sites (tertiary alicyclic amines) is 1. The summed E-state index contributed by atoms with van der Waals surface area (Å²) in [5.41, 5.74) is 1.36. The zero-order valence-electron chi connectivity index (χ0n) is 11.0. The van der Waals surface area contributed by atoms with Gasteiger partial charge in [0.05, 0.1) is 12.0 Å². The smallest absolute Gasteiger partial charge is 0.313 e. The normalized spacial score (nSPS) is 34.1. The molecule has 0 aromatic carbocycles. The molecule has 3 nitrogen and oxygen atoms in total. The van der Waals surface area contributed by atoms with Crippen molar-refractivity contribution in [3.63, 3.8) is 0 Å². The molecule has 0 aromatic rings. The van der Waals surface area contributed by atoms with Gasteiger partial charge >= 0.3 is 5.97 Å². The fourth-order valence-electron chi connectivity index (χ4n) is 3.37. The van der Waals surface area contributed by atoms with E-state index in [-0.39, 0.29) is 11.4 Å². The predicted octanol–water partition coefficient (Wildman–Crippen LogP) is 2.15. The van der Waals surface area contributed by atoms with Gasteiger partial charge in [0.2, 0.25) is 0 Å². The Balaban J connectivity index is 1.58. The molecule has 3 heteroatoms. The zero-order chi connectivity index (χ0) is 12.6. The molecular weight excluding hydrogens is 226 g/mol. The minimum Gasteiger partial charge on any atom is -0.466 e. The number of fused-ring (bicyclic) bond motifs is 1. The third-order valence-corrected chi connectivity index (χ3v) is 4.43. The summed E-state index contributed by atoms with van der Waals surface area (Å²) in [5, 5.41) is 0. The van der Waals surface area contributed by atoms with Crippen LogP contribution in [0.2, 0.25) is 0 Å². The lowest BCUT2D eigenvalue weighted by atomic mass is 10.0. The van der Waals surface area contributed by atoms with Crippen molar-refractivity contribution in [1.29, 1.82) is 0 Å². The Morgan fingerprint density at radius 2 is 2.50 bits per heavy atom. The van der Waals surface area contributed by atoms with E-state index in [1.54, 1.807) is 0 Å². The van der Waals surface area contributed by atoms with Gasteiger partial charge in [0.25, 0.3) is 0 Å². The summed E-state index contributed by atoms with van der Waals surface area (Å²) < 4.78 is 5.22. The van der Waals surface area contributed by atoms with E-state index in [4.69, 9.17) is 4.74 Å². The molecule has 1 heterocycles. The van der Waals surface area contributed by atoms with Gasteiger partial charge in [-0.2, -0.15) is 0 Å². The molecule has 1 aliphatic heterocycles. The lowest BCUT2D eigenvalue weighted by Gasteiger charge is -2.22. The number of esters is 1. The Morgan fingerprint density at radius 3 is 3.22 bits per heavy atom. The average Bonchev–Trinajstić information content (AvgIpc) is 2.95. The van der Waals surface area contributed by atoms with E-state index in [1.165, 1.54) is 12.0 Å². The standard InChI is InChI=1S/C15H21NO2/c1-2-18-14(17)15-8-13(15)10-16(11-15)9-12-6-4-3-5-7-12/h3-4,6,13H,2,5,7-11H2,1H3/t13-,15-/m0/s1. The van der Waals surface area contributed by atoms with Crippen LogP contribution in [0.1, 0.15) is 26.2 Å². The fraction of sp³-hybridized carbons (Fsp3) is 0.667. The van der Waals surface area contributed by atoms with Gasteiger partial charge in [0.1, 0.15) is 0 Å². The third kappa shape index (κ3) is 2.01. The quantitative estimate of drug-likeness (QED) is 0.713. The molecule has 1 saturated carbocycles. The first-order chi connectivity index (χ1) is 8.74. The molecule has 18 heavy (non-hydrogen) atoms. The molecule has 0 bridgehead atoms. The van der Waals surface area contributed by atoms with Crippen molar-refractivity contribution < 1.29 is 9.53 Å². The second-order valence-electron chi connectivity index (χ2n) is 5.74. The molecule has 98 valence electrons. The molecule has 0 amide bonds. The summed E-state index contributed by atoms with van der Waals surface area (Å²) in [6.07, 6.45) is 9.96. The first-order valence-corrected chi connectivity index (χ1v) is 6.99. The SMILES string of the molecule is CCOC(=O)[C@]12C[C@H]1CN(CC1=CC=CCC1)C2. The van der Waals surface area contributed by atoms with Crippen molar-refractivity contribution in [3.05, 3.63) is 23.8 Å². The van der Waals surface area contributed by atoms with Crippen molar-refractivity contribution in [2.24, 2.45) is 11.3 Å². The molecule has 0 unspecified atom stereocenters. The number of carbonyl (C=O) groups excluding carboxylic acids is 1. The van der Waals surface area contributed by atoms with E-state index in [0.717, 1.165) is 32.5 Å². The lowest BCUT2D eigenvalue weighted by molar-refractivity contribution is -0.149. The van der Waals surface area contributed by atoms with Crippen LogP contribution in [0.5, 0.6) is 0 Å². The Labute approximate surface area is 108 Å². The van der Waals surface area contributed by atoms with Gasteiger partial charge < -0.3 is 4.74 Å². The van der Waals surface area contributed by atoms with Crippen LogP contribution in [0, 0.1) is 11.3 Å². The highest BCUT2D eigenvalue weighted by Crippen LogP contribution is 2.58. The third-order valence-electron chi connectivity index (χ3n) is 4.43. The van der Waals surface area contributed by atoms with Gasteiger partial charge in [-0.3, -0.25) is 9.69 Å². The van der Waals surface area contributed by atoms with Crippen molar-refractivity contribution in [1.82, 2.24) is 4.90 Å². The number of allylic oxidation sites excluding steroid dienone is 3. The molecule has 2 fully saturated rings. The molecule has 3 aliphatic rings. The van der Waals surface area contributed by atoms with E-state index in [9.17, 15) is 4.79 Å². The molecular formula is C15H21NO2. The van der Waals surface area contributed by atoms with E-state index >= 15 is 0 Å². The molecule has 2 aliphatic carbocycles. The predicted molar refractivity (Wildman–Crippen MR) is 70.1 cm³/mol. The summed E-state index contributed by atoms with van der Waals surface area (Å²) in [6, 6.07) is 0. The van der Waals surface area contributed by atoms with Crippen LogP contribution < -0.4 is 0 Å². The Kier molecular flexibility index (Phi) is 3.02. The topological polar surface area (TPSA) is 29.5 Å². The summed E-state index contributed by atoms with van der Waals surface area (Å²) in [7, 11) is 0. The van der Waals surface area contributed by atoms with E-state index in [2.05, 4.69) is 23.1 Å². The van der Waals surface area contributed by atoms with Crippen molar-refractivity contribution in [3.8, 4) is 0 Å². The monoisotopic (exact) mass is 247 g/mol. The first-order valence-electron chi connectivity index (χ1n) is 6.99. The van der Waals surface area contributed by atoms with Crippen LogP contribution in [0.15, 0.2) is 23.8 Å². The Hall–Kier alpha value is -1.09. The van der Waals surface area contributed by atoms with Crippen molar-refractivity contribution in [2.45, 2.75) is 26.2 Å². The molecule has 2 atom stereocenters. The van der Waals surface area contributed by atoms with Gasteiger partial charge in [-0.1, -0.05) is 23.8 Å². The maximum absolute atomic E-state index is 12.0. The maximum atomic E-state index is 12.0. The summed E-state index contributed by atoms with van der Waals surface area (Å²) in [4.78, 5) is 14.4. The molecule has 0 aromatic heterocycles. The number of hydrogen-bond donors (Lipinski definition) is 0. The average molecular weight is 247 g/mol. The molecule has 1 saturated heterocycles. The maximum Gasteiger partial charge on any atom is 0.313 e. The Bertz CT molecular complexity index is 413. The van der Waals surface area contributed by atoms with Crippen LogP contribution in [-0.4, -0.2) is 37.1 Å². The zero-order valence-corrected chi connectivity index (χ0v) is 11.0. The number of ether oxygens (including phenoxy) is 1. The van der Waals surface area contributed by atoms with Gasteiger partial charge in [-0.25, -0.2) is 0 Å². The molecule has 3 rings (SSSR count). The highest BCUT2D eigenvalue weighted by atomic mass is 16.5. The van der Waals surface area contributed by atoms with E-state index < -0.39 is 0 Å². The lowest BCUT2D eigenvalue weighted by Crippen LogP contribution is -2.31. The number of nitrogens with zero attached hydrogens (tertiary/aromatic N) is 1. The Morgan fingerprint density at radius 1 is 1.61 bits per heavy atom. The number of rotatable bonds is 4. The van der Waals surface area contributed by atoms with Gasteiger partial charge in [-0.15, -0.1) is 0 Å². The van der Waals surface area contributed by atoms with Gasteiger partial charge in [0, 0.05) is 19.6 Å². The van der Waals surface area contributed by atoms with Crippen LogP contribution >= 0.6 is 0 Å². The van der Waals surface area contributed by atoms with Gasteiger partial charge in [0.15, 0.2) is 0 Å². The number of hydrogen-bond acceptors (Lipinski definition) is 3. The summed E-state index contributed by atoms with van der Waals surface area (Å²) >= 11 is 0.